The fourth-order valence-electron chi connectivity index (χ4n) is 3.16. The van der Waals surface area contributed by atoms with Crippen LogP contribution in [-0.2, 0) is 6.54 Å². The Hall–Kier alpha value is -3.35. The summed E-state index contributed by atoms with van der Waals surface area (Å²) in [5.74, 6) is 2.68. The second-order valence-corrected chi connectivity index (χ2v) is 6.08. The molecule has 2 aromatic carbocycles. The van der Waals surface area contributed by atoms with E-state index >= 15 is 0 Å². The second kappa shape index (κ2) is 8.12. The predicted molar refractivity (Wildman–Crippen MR) is 107 cm³/mol. The van der Waals surface area contributed by atoms with Crippen molar-refractivity contribution in [3.63, 3.8) is 0 Å². The van der Waals surface area contributed by atoms with E-state index in [4.69, 9.17) is 23.7 Å². The van der Waals surface area contributed by atoms with Gasteiger partial charge in [0.25, 0.3) is 5.56 Å². The van der Waals surface area contributed by atoms with Crippen molar-refractivity contribution in [1.82, 2.24) is 4.57 Å². The summed E-state index contributed by atoms with van der Waals surface area (Å²) in [6.45, 7) is 0.347. The van der Waals surface area contributed by atoms with Gasteiger partial charge in [-0.05, 0) is 41.3 Å². The van der Waals surface area contributed by atoms with Crippen molar-refractivity contribution in [2.45, 2.75) is 6.54 Å². The van der Waals surface area contributed by atoms with Gasteiger partial charge in [-0.3, -0.25) is 4.79 Å². The summed E-state index contributed by atoms with van der Waals surface area (Å²) in [5.41, 5.74) is 0.712. The van der Waals surface area contributed by atoms with E-state index in [0.29, 0.717) is 40.7 Å². The van der Waals surface area contributed by atoms with Gasteiger partial charge in [-0.2, -0.15) is 0 Å². The van der Waals surface area contributed by atoms with Crippen LogP contribution in [0.1, 0.15) is 5.56 Å². The number of methoxy groups -OCH3 is 5. The summed E-state index contributed by atoms with van der Waals surface area (Å²) in [5, 5.41) is 1.33. The van der Waals surface area contributed by atoms with Crippen molar-refractivity contribution in [2.75, 3.05) is 35.5 Å². The van der Waals surface area contributed by atoms with Gasteiger partial charge in [0, 0.05) is 6.20 Å². The molecular formula is C21H23NO6. The van der Waals surface area contributed by atoms with Crippen molar-refractivity contribution in [3.05, 3.63) is 52.4 Å². The van der Waals surface area contributed by atoms with E-state index in [1.165, 1.54) is 0 Å². The maximum Gasteiger partial charge on any atom is 0.258 e. The average molecular weight is 385 g/mol. The molecule has 0 aliphatic heterocycles. The summed E-state index contributed by atoms with van der Waals surface area (Å²) >= 11 is 0. The quantitative estimate of drug-likeness (QED) is 0.623. The SMILES string of the molecule is COc1cc2ccn(Cc3cc(OC)c(OC)c(OC)c3)c(=O)c2cc1OC. The molecule has 0 saturated carbocycles. The topological polar surface area (TPSA) is 68.2 Å². The van der Waals surface area contributed by atoms with Gasteiger partial charge >= 0.3 is 0 Å². The van der Waals surface area contributed by atoms with E-state index in [-0.39, 0.29) is 5.56 Å². The summed E-state index contributed by atoms with van der Waals surface area (Å²) in [7, 11) is 7.78. The fraction of sp³-hybridized carbons (Fsp3) is 0.286. The van der Waals surface area contributed by atoms with Gasteiger partial charge in [0.05, 0.1) is 47.5 Å². The van der Waals surface area contributed by atoms with E-state index in [9.17, 15) is 4.79 Å². The normalized spacial score (nSPS) is 10.6. The number of benzene rings is 2. The maximum atomic E-state index is 13.0. The Morgan fingerprint density at radius 2 is 1.32 bits per heavy atom. The molecule has 7 heteroatoms. The highest BCUT2D eigenvalue weighted by Gasteiger charge is 2.15. The molecule has 28 heavy (non-hydrogen) atoms. The average Bonchev–Trinajstić information content (AvgIpc) is 2.73. The zero-order chi connectivity index (χ0) is 20.3. The van der Waals surface area contributed by atoms with Crippen LogP contribution < -0.4 is 29.2 Å². The Kier molecular flexibility index (Phi) is 5.63. The number of nitrogens with zero attached hydrogens (tertiary/aromatic N) is 1. The van der Waals surface area contributed by atoms with E-state index in [1.807, 2.05) is 18.2 Å². The van der Waals surface area contributed by atoms with Crippen LogP contribution >= 0.6 is 0 Å². The monoisotopic (exact) mass is 385 g/mol. The van der Waals surface area contributed by atoms with E-state index in [1.54, 1.807) is 58.4 Å². The molecule has 0 spiro atoms. The third-order valence-corrected chi connectivity index (χ3v) is 4.56. The fourth-order valence-corrected chi connectivity index (χ4v) is 3.16. The van der Waals surface area contributed by atoms with Gasteiger partial charge in [-0.25, -0.2) is 0 Å². The van der Waals surface area contributed by atoms with Gasteiger partial charge in [-0.15, -0.1) is 0 Å². The van der Waals surface area contributed by atoms with Gasteiger partial charge in [0.1, 0.15) is 0 Å². The van der Waals surface area contributed by atoms with Crippen LogP contribution in [-0.4, -0.2) is 40.1 Å². The van der Waals surface area contributed by atoms with Crippen LogP contribution in [0.25, 0.3) is 10.8 Å². The highest BCUT2D eigenvalue weighted by atomic mass is 16.5. The van der Waals surface area contributed by atoms with Crippen molar-refractivity contribution < 1.29 is 23.7 Å². The molecule has 3 aromatic rings. The summed E-state index contributed by atoms with van der Waals surface area (Å²) in [4.78, 5) is 13.0. The van der Waals surface area contributed by atoms with Crippen molar-refractivity contribution in [1.29, 1.82) is 0 Å². The molecule has 0 radical (unpaired) electrons. The molecule has 3 rings (SSSR count). The lowest BCUT2D eigenvalue weighted by Gasteiger charge is -2.15. The molecule has 1 heterocycles. The largest absolute Gasteiger partial charge is 0.493 e. The third kappa shape index (κ3) is 3.43. The minimum absolute atomic E-state index is 0.132. The first-order chi connectivity index (χ1) is 13.6. The number of ether oxygens (including phenoxy) is 5. The Labute approximate surface area is 163 Å². The van der Waals surface area contributed by atoms with Crippen molar-refractivity contribution in [2.24, 2.45) is 0 Å². The molecule has 0 N–H and O–H groups in total. The zero-order valence-electron chi connectivity index (χ0n) is 16.6. The van der Waals surface area contributed by atoms with Crippen molar-refractivity contribution in [3.8, 4) is 28.7 Å². The first kappa shape index (κ1) is 19.4. The number of fused-ring (bicyclic) bond motifs is 1. The molecule has 0 amide bonds. The number of hydrogen-bond donors (Lipinski definition) is 0. The highest BCUT2D eigenvalue weighted by molar-refractivity contribution is 5.85. The Bertz CT molecular complexity index is 1030. The molecule has 0 unspecified atom stereocenters. The maximum absolute atomic E-state index is 13.0. The molecule has 0 atom stereocenters. The third-order valence-electron chi connectivity index (χ3n) is 4.56. The van der Waals surface area contributed by atoms with Crippen LogP contribution in [0.3, 0.4) is 0 Å². The molecule has 1 aromatic heterocycles. The Balaban J connectivity index is 2.08. The number of rotatable bonds is 7. The van der Waals surface area contributed by atoms with Gasteiger partial charge in [0.2, 0.25) is 5.75 Å². The van der Waals surface area contributed by atoms with Crippen LogP contribution in [0.2, 0.25) is 0 Å². The zero-order valence-corrected chi connectivity index (χ0v) is 16.6. The van der Waals surface area contributed by atoms with Gasteiger partial charge in [-0.1, -0.05) is 0 Å². The minimum atomic E-state index is -0.132. The summed E-state index contributed by atoms with van der Waals surface area (Å²) < 4.78 is 28.4. The molecule has 0 aliphatic carbocycles. The lowest BCUT2D eigenvalue weighted by atomic mass is 10.1. The van der Waals surface area contributed by atoms with E-state index in [2.05, 4.69) is 0 Å². The number of pyridine rings is 1. The van der Waals surface area contributed by atoms with Gasteiger partial charge in [0.15, 0.2) is 23.0 Å². The molecule has 148 valence electrons. The van der Waals surface area contributed by atoms with Crippen molar-refractivity contribution >= 4 is 10.8 Å². The molecular weight excluding hydrogens is 362 g/mol. The van der Waals surface area contributed by atoms with E-state index in [0.717, 1.165) is 10.9 Å². The molecule has 0 aliphatic rings. The standard InChI is InChI=1S/C21H23NO6/c1-24-16-10-14-6-7-22(21(23)15(14)11-17(16)25-2)12-13-8-18(26-3)20(28-5)19(9-13)27-4/h6-11H,12H2,1-5H3. The Morgan fingerprint density at radius 3 is 1.86 bits per heavy atom. The highest BCUT2D eigenvalue weighted by Crippen LogP contribution is 2.38. The van der Waals surface area contributed by atoms with Crippen LogP contribution in [0.4, 0.5) is 0 Å². The van der Waals surface area contributed by atoms with Crippen LogP contribution in [0, 0.1) is 0 Å². The lowest BCUT2D eigenvalue weighted by Crippen LogP contribution is -2.20. The predicted octanol–water partition coefficient (Wildman–Crippen LogP) is 3.09. The minimum Gasteiger partial charge on any atom is -0.493 e. The number of aromatic nitrogens is 1. The van der Waals surface area contributed by atoms with Crippen LogP contribution in [0.15, 0.2) is 41.3 Å². The molecule has 0 saturated heterocycles. The molecule has 7 nitrogen and oxygen atoms in total. The van der Waals surface area contributed by atoms with Gasteiger partial charge < -0.3 is 28.3 Å². The first-order valence-electron chi connectivity index (χ1n) is 8.60. The number of hydrogen-bond acceptors (Lipinski definition) is 6. The summed E-state index contributed by atoms with van der Waals surface area (Å²) in [6.07, 6.45) is 1.75. The Morgan fingerprint density at radius 1 is 0.750 bits per heavy atom. The lowest BCUT2D eigenvalue weighted by molar-refractivity contribution is 0.323. The van der Waals surface area contributed by atoms with Crippen LogP contribution in [0.5, 0.6) is 28.7 Å². The second-order valence-electron chi connectivity index (χ2n) is 6.08. The summed E-state index contributed by atoms with van der Waals surface area (Å²) in [6, 6.07) is 9.01. The smallest absolute Gasteiger partial charge is 0.258 e. The molecule has 0 fully saturated rings. The first-order valence-corrected chi connectivity index (χ1v) is 8.60. The molecule has 0 bridgehead atoms. The van der Waals surface area contributed by atoms with E-state index < -0.39 is 0 Å².